The number of aromatic nitrogens is 7. The van der Waals surface area contributed by atoms with E-state index in [-0.39, 0.29) is 24.4 Å². The van der Waals surface area contributed by atoms with Crippen molar-refractivity contribution in [1.29, 1.82) is 0 Å². The number of allylic oxidation sites excluding steroid dienone is 1. The van der Waals surface area contributed by atoms with Crippen LogP contribution < -0.4 is 30.9 Å². The predicted molar refractivity (Wildman–Crippen MR) is 243 cm³/mol. The van der Waals surface area contributed by atoms with Gasteiger partial charge in [0.25, 0.3) is 5.56 Å². The van der Waals surface area contributed by atoms with Gasteiger partial charge in [-0.25, -0.2) is 24.1 Å². The monoisotopic (exact) mass is 851 g/mol. The fourth-order valence-corrected chi connectivity index (χ4v) is 9.89. The molecule has 1 aliphatic carbocycles. The first-order chi connectivity index (χ1) is 30.4. The first kappa shape index (κ1) is 40.5. The zero-order chi connectivity index (χ0) is 43.6. The number of benzene rings is 2. The zero-order valence-corrected chi connectivity index (χ0v) is 36.0. The standard InChI is InChI=1S/C46H53N13O4/c1-5-17-58-43(61)35-27-47-44(51-41(35)59(58)38-11-6-31-12-16-46(3,63)40(31)49-38)48-32-7-10-36(29(2)25-32)56-23-21-54(22-24-56)28-30-13-18-55(19-14-30)33-8-9-34-37(26-33)53(4)52-42(34)57-20-15-39(60)50-45(57)62/h5-11,25-27,30,63H,1,12-24,28H2,2-4H3,(H,47,48,51)(H,50,60,62)/t46-/m0/s1. The van der Waals surface area contributed by atoms with E-state index in [1.165, 1.54) is 5.69 Å². The molecule has 4 aromatic heterocycles. The number of rotatable bonds is 10. The van der Waals surface area contributed by atoms with Crippen LogP contribution in [-0.2, 0) is 30.4 Å². The average Bonchev–Trinajstić information content (AvgIpc) is 3.87. The molecule has 17 heteroatoms. The Morgan fingerprint density at radius 3 is 2.51 bits per heavy atom. The fraction of sp³-hybridized carbons (Fsp3) is 0.413. The summed E-state index contributed by atoms with van der Waals surface area (Å²) >= 11 is 0. The molecule has 3 amide bonds. The number of anilines is 5. The van der Waals surface area contributed by atoms with Crippen molar-refractivity contribution in [2.24, 2.45) is 13.0 Å². The highest BCUT2D eigenvalue weighted by Gasteiger charge is 2.35. The number of aliphatic hydroxyl groups is 1. The molecule has 0 radical (unpaired) electrons. The summed E-state index contributed by atoms with van der Waals surface area (Å²) in [6.07, 6.45) is 7.10. The Hall–Kier alpha value is -6.59. The third-order valence-electron chi connectivity index (χ3n) is 13.3. The highest BCUT2D eigenvalue weighted by molar-refractivity contribution is 6.09. The highest BCUT2D eigenvalue weighted by Crippen LogP contribution is 2.36. The molecule has 326 valence electrons. The number of imide groups is 1. The molecular weight excluding hydrogens is 799 g/mol. The van der Waals surface area contributed by atoms with Gasteiger partial charge < -0.3 is 20.2 Å². The molecule has 7 heterocycles. The van der Waals surface area contributed by atoms with Crippen LogP contribution in [0.3, 0.4) is 0 Å². The first-order valence-electron chi connectivity index (χ1n) is 21.9. The summed E-state index contributed by atoms with van der Waals surface area (Å²) in [5.74, 6) is 1.83. The number of carbonyl (C=O) groups excluding carboxylic acids is 2. The molecule has 2 aromatic carbocycles. The lowest BCUT2D eigenvalue weighted by molar-refractivity contribution is -0.120. The van der Waals surface area contributed by atoms with Crippen molar-refractivity contribution < 1.29 is 14.7 Å². The quantitative estimate of drug-likeness (QED) is 0.162. The molecule has 3 N–H and O–H groups in total. The molecule has 3 saturated heterocycles. The Morgan fingerprint density at radius 1 is 0.937 bits per heavy atom. The Kier molecular flexibility index (Phi) is 10.2. The number of carbonyl (C=O) groups is 2. The Labute approximate surface area is 364 Å². The number of hydrogen-bond acceptors (Lipinski definition) is 12. The van der Waals surface area contributed by atoms with E-state index in [0.29, 0.717) is 53.2 Å². The summed E-state index contributed by atoms with van der Waals surface area (Å²) in [7, 11) is 1.90. The van der Waals surface area contributed by atoms with Crippen LogP contribution in [0.25, 0.3) is 27.8 Å². The first-order valence-corrected chi connectivity index (χ1v) is 21.9. The smallest absolute Gasteiger partial charge is 0.329 e. The second-order valence-corrected chi connectivity index (χ2v) is 17.6. The number of amides is 3. The average molecular weight is 852 g/mol. The Balaban J connectivity index is 0.755. The van der Waals surface area contributed by atoms with Gasteiger partial charge in [-0.1, -0.05) is 12.1 Å². The summed E-state index contributed by atoms with van der Waals surface area (Å²) in [4.78, 5) is 61.1. The van der Waals surface area contributed by atoms with E-state index < -0.39 is 11.6 Å². The van der Waals surface area contributed by atoms with Crippen LogP contribution in [0.4, 0.5) is 33.6 Å². The van der Waals surface area contributed by atoms with Crippen LogP contribution in [0.5, 0.6) is 0 Å². The Morgan fingerprint density at radius 2 is 1.75 bits per heavy atom. The van der Waals surface area contributed by atoms with Gasteiger partial charge in [0.1, 0.15) is 11.0 Å². The van der Waals surface area contributed by atoms with Gasteiger partial charge in [-0.3, -0.25) is 29.4 Å². The molecule has 1 atom stereocenters. The van der Waals surface area contributed by atoms with Crippen LogP contribution in [-0.4, -0.2) is 108 Å². The van der Waals surface area contributed by atoms with Gasteiger partial charge in [0, 0.05) is 94.5 Å². The van der Waals surface area contributed by atoms with E-state index in [2.05, 4.69) is 85.3 Å². The van der Waals surface area contributed by atoms with Crippen molar-refractivity contribution in [3.8, 4) is 5.82 Å². The summed E-state index contributed by atoms with van der Waals surface area (Å²) in [6, 6.07) is 16.1. The maximum Gasteiger partial charge on any atom is 0.329 e. The van der Waals surface area contributed by atoms with E-state index in [0.717, 1.165) is 98.5 Å². The van der Waals surface area contributed by atoms with Crippen LogP contribution in [0, 0.1) is 12.8 Å². The molecular formula is C46H53N13O4. The third kappa shape index (κ3) is 7.48. The number of nitrogens with zero attached hydrogens (tertiary/aromatic N) is 11. The maximum absolute atomic E-state index is 13.5. The van der Waals surface area contributed by atoms with E-state index in [1.54, 1.807) is 33.5 Å². The minimum Gasteiger partial charge on any atom is -0.384 e. The lowest BCUT2D eigenvalue weighted by atomic mass is 9.95. The van der Waals surface area contributed by atoms with Crippen LogP contribution in [0.1, 0.15) is 49.4 Å². The second kappa shape index (κ2) is 16.0. The number of pyridine rings is 1. The van der Waals surface area contributed by atoms with E-state index in [1.807, 2.05) is 23.9 Å². The summed E-state index contributed by atoms with van der Waals surface area (Å²) in [5.41, 5.74) is 6.12. The van der Waals surface area contributed by atoms with Crippen molar-refractivity contribution >= 4 is 62.7 Å². The largest absolute Gasteiger partial charge is 0.384 e. The minimum atomic E-state index is -1.04. The van der Waals surface area contributed by atoms with Crippen LogP contribution in [0.15, 0.2) is 72.2 Å². The molecule has 17 nitrogen and oxygen atoms in total. The molecule has 0 saturated carbocycles. The molecule has 0 unspecified atom stereocenters. The highest BCUT2D eigenvalue weighted by atomic mass is 16.3. The van der Waals surface area contributed by atoms with Crippen molar-refractivity contribution in [2.75, 3.05) is 72.4 Å². The van der Waals surface area contributed by atoms with Crippen LogP contribution in [0.2, 0.25) is 0 Å². The van der Waals surface area contributed by atoms with Crippen molar-refractivity contribution in [3.63, 3.8) is 0 Å². The van der Waals surface area contributed by atoms with E-state index in [9.17, 15) is 19.5 Å². The molecule has 0 bridgehead atoms. The molecule has 6 aromatic rings. The van der Waals surface area contributed by atoms with Gasteiger partial charge in [0.15, 0.2) is 17.3 Å². The SMILES string of the molecule is C=CCn1c(=O)c2cnc(Nc3ccc(N4CCN(CC5CCN(c6ccc7c(N8CCC(=O)NC8=O)nn(C)c7c6)CC5)CC4)c(C)c3)nc2n1-c1ccc2c(n1)[C@@](C)(O)CC2. The summed E-state index contributed by atoms with van der Waals surface area (Å²) < 4.78 is 5.07. The lowest BCUT2D eigenvalue weighted by Gasteiger charge is -2.40. The number of piperazine rings is 1. The third-order valence-corrected chi connectivity index (χ3v) is 13.3. The molecule has 63 heavy (non-hydrogen) atoms. The predicted octanol–water partition coefficient (Wildman–Crippen LogP) is 4.74. The molecule has 0 spiro atoms. The van der Waals surface area contributed by atoms with Gasteiger partial charge in [0.05, 0.1) is 17.8 Å². The topological polar surface area (TPSA) is 175 Å². The second-order valence-electron chi connectivity index (χ2n) is 17.6. The van der Waals surface area contributed by atoms with Crippen molar-refractivity contribution in [2.45, 2.75) is 58.1 Å². The van der Waals surface area contributed by atoms with E-state index >= 15 is 0 Å². The summed E-state index contributed by atoms with van der Waals surface area (Å²) in [6.45, 7) is 15.4. The normalized spacial score (nSPS) is 19.9. The molecule has 4 aliphatic rings. The number of urea groups is 1. The lowest BCUT2D eigenvalue weighted by Crippen LogP contribution is -2.49. The number of fused-ring (bicyclic) bond motifs is 3. The summed E-state index contributed by atoms with van der Waals surface area (Å²) in [5, 5.41) is 22.7. The number of aryl methyl sites for hydroxylation is 3. The van der Waals surface area contributed by atoms with Gasteiger partial charge in [0.2, 0.25) is 11.9 Å². The van der Waals surface area contributed by atoms with Crippen molar-refractivity contribution in [3.05, 3.63) is 94.6 Å². The van der Waals surface area contributed by atoms with Gasteiger partial charge in [-0.2, -0.15) is 10.1 Å². The van der Waals surface area contributed by atoms with Gasteiger partial charge >= 0.3 is 6.03 Å². The number of nitrogens with one attached hydrogen (secondary N) is 2. The molecule has 3 aliphatic heterocycles. The van der Waals surface area contributed by atoms with Gasteiger partial charge in [-0.05, 0) is 99.0 Å². The van der Waals surface area contributed by atoms with Gasteiger partial charge in [-0.15, -0.1) is 6.58 Å². The molecule has 3 fully saturated rings. The van der Waals surface area contributed by atoms with Crippen molar-refractivity contribution in [1.82, 2.24) is 44.3 Å². The number of piperidine rings is 1. The van der Waals surface area contributed by atoms with Crippen LogP contribution >= 0.6 is 0 Å². The molecule has 10 rings (SSSR count). The maximum atomic E-state index is 13.5. The number of hydrogen-bond donors (Lipinski definition) is 3. The zero-order valence-electron chi connectivity index (χ0n) is 36.0. The minimum absolute atomic E-state index is 0.240. The van der Waals surface area contributed by atoms with E-state index in [4.69, 9.17) is 9.97 Å². The fourth-order valence-electron chi connectivity index (χ4n) is 9.89. The Bertz CT molecular complexity index is 2840.